The van der Waals surface area contributed by atoms with Gasteiger partial charge in [0.05, 0.1) is 29.0 Å². The molecule has 3 heterocycles. The third kappa shape index (κ3) is 5.17. The van der Waals surface area contributed by atoms with Gasteiger partial charge in [0.1, 0.15) is 11.9 Å². The molecule has 1 atom stereocenters. The van der Waals surface area contributed by atoms with E-state index in [0.717, 1.165) is 0 Å². The summed E-state index contributed by atoms with van der Waals surface area (Å²) >= 11 is 0. The highest BCUT2D eigenvalue weighted by atomic mass is 32.2. The Morgan fingerprint density at radius 3 is 2.53 bits per heavy atom. The minimum atomic E-state index is -4.57. The van der Waals surface area contributed by atoms with Crippen molar-refractivity contribution in [1.29, 1.82) is 5.26 Å². The molecule has 4 rings (SSSR count). The molecule has 0 radical (unpaired) electrons. The first-order valence-corrected chi connectivity index (χ1v) is 12.4. The lowest BCUT2D eigenvalue weighted by Crippen LogP contribution is -2.49. The number of amides is 2. The highest BCUT2D eigenvalue weighted by Crippen LogP contribution is 2.28. The molecule has 14 heteroatoms. The Balaban J connectivity index is 1.42. The molecule has 0 unspecified atom stereocenters. The highest BCUT2D eigenvalue weighted by Gasteiger charge is 2.38. The normalized spacial score (nSPS) is 18.9. The summed E-state index contributed by atoms with van der Waals surface area (Å²) in [4.78, 5) is 34.4. The van der Waals surface area contributed by atoms with Gasteiger partial charge in [-0.3, -0.25) is 9.59 Å². The Morgan fingerprint density at radius 2 is 1.89 bits per heavy atom. The van der Waals surface area contributed by atoms with Crippen LogP contribution in [0, 0.1) is 17.2 Å². The van der Waals surface area contributed by atoms with E-state index in [1.165, 1.54) is 33.5 Å². The number of nitrogens with zero attached hydrogens (tertiary/aromatic N) is 5. The summed E-state index contributed by atoms with van der Waals surface area (Å²) in [5, 5.41) is 11.4. The molecule has 36 heavy (non-hydrogen) atoms. The van der Waals surface area contributed by atoms with Gasteiger partial charge in [0.2, 0.25) is 15.9 Å². The number of hydrogen-bond donors (Lipinski definition) is 1. The standard InChI is InChI=1S/C22H21F3N6O4S/c23-22(24,25)16-9-27-19(28-10-16)11-29-20(32)18-5-2-6-31(18)21(33)15-3-1-4-17(7-15)36(34,35)30-12-14(8-26)13-30/h1,3-4,7,9-10,14,18H,2,5-6,11-13H2,(H,29,32)/t18-/m1/s1. The lowest BCUT2D eigenvalue weighted by molar-refractivity contribution is -0.138. The zero-order valence-corrected chi connectivity index (χ0v) is 19.6. The maximum Gasteiger partial charge on any atom is 0.419 e. The fraction of sp³-hybridized carbons (Fsp3) is 0.409. The van der Waals surface area contributed by atoms with Gasteiger partial charge in [-0.2, -0.15) is 22.7 Å². The number of carbonyl (C=O) groups excluding carboxylic acids is 2. The van der Waals surface area contributed by atoms with Gasteiger partial charge in [-0.15, -0.1) is 0 Å². The zero-order chi connectivity index (χ0) is 26.1. The van der Waals surface area contributed by atoms with Gasteiger partial charge in [-0.1, -0.05) is 6.07 Å². The van der Waals surface area contributed by atoms with Crippen LogP contribution in [0.4, 0.5) is 13.2 Å². The second kappa shape index (κ2) is 9.82. The molecule has 2 aliphatic heterocycles. The predicted octanol–water partition coefficient (Wildman–Crippen LogP) is 1.56. The molecular formula is C22H21F3N6O4S. The fourth-order valence-electron chi connectivity index (χ4n) is 3.98. The van der Waals surface area contributed by atoms with E-state index >= 15 is 0 Å². The molecular weight excluding hydrogens is 501 g/mol. The van der Waals surface area contributed by atoms with Gasteiger partial charge >= 0.3 is 6.18 Å². The number of benzene rings is 1. The zero-order valence-electron chi connectivity index (χ0n) is 18.8. The smallest absolute Gasteiger partial charge is 0.347 e. The number of halogens is 3. The summed E-state index contributed by atoms with van der Waals surface area (Å²) in [7, 11) is -3.86. The molecule has 0 spiro atoms. The second-order valence-electron chi connectivity index (χ2n) is 8.44. The third-order valence-corrected chi connectivity index (χ3v) is 7.85. The van der Waals surface area contributed by atoms with Crippen LogP contribution in [0.15, 0.2) is 41.6 Å². The van der Waals surface area contributed by atoms with Crippen molar-refractivity contribution in [2.75, 3.05) is 19.6 Å². The maximum absolute atomic E-state index is 13.2. The SMILES string of the molecule is N#CC1CN(S(=O)(=O)c2cccc(C(=O)N3CCC[C@@H]3C(=O)NCc3ncc(C(F)(F)F)cn3)c2)C1. The molecule has 2 saturated heterocycles. The minimum absolute atomic E-state index is 0.0187. The topological polar surface area (TPSA) is 136 Å². The lowest BCUT2D eigenvalue weighted by Gasteiger charge is -2.34. The van der Waals surface area contributed by atoms with Crippen LogP contribution in [0.5, 0.6) is 0 Å². The number of nitrogens with one attached hydrogen (secondary N) is 1. The number of rotatable bonds is 6. The van der Waals surface area contributed by atoms with E-state index in [9.17, 15) is 31.2 Å². The average molecular weight is 523 g/mol. The Kier molecular flexibility index (Phi) is 6.96. The maximum atomic E-state index is 13.2. The number of aromatic nitrogens is 2. The van der Waals surface area contributed by atoms with Crippen molar-refractivity contribution in [3.8, 4) is 6.07 Å². The van der Waals surface area contributed by atoms with Crippen LogP contribution >= 0.6 is 0 Å². The molecule has 2 aliphatic rings. The summed E-state index contributed by atoms with van der Waals surface area (Å²) in [5.41, 5.74) is -0.910. The number of hydrogen-bond acceptors (Lipinski definition) is 7. The van der Waals surface area contributed by atoms with E-state index in [-0.39, 0.29) is 48.4 Å². The van der Waals surface area contributed by atoms with Gasteiger partial charge < -0.3 is 10.2 Å². The minimum Gasteiger partial charge on any atom is -0.347 e. The first kappa shape index (κ1) is 25.5. The lowest BCUT2D eigenvalue weighted by atomic mass is 10.1. The quantitative estimate of drug-likeness (QED) is 0.608. The Labute approximate surface area is 204 Å². The van der Waals surface area contributed by atoms with Gasteiger partial charge in [0, 0.05) is 37.6 Å². The van der Waals surface area contributed by atoms with E-state index in [0.29, 0.717) is 25.2 Å². The van der Waals surface area contributed by atoms with Crippen molar-refractivity contribution in [2.24, 2.45) is 5.92 Å². The molecule has 2 aromatic rings. The molecule has 0 bridgehead atoms. The third-order valence-electron chi connectivity index (χ3n) is 6.02. The number of nitriles is 1. The van der Waals surface area contributed by atoms with Crippen molar-refractivity contribution in [1.82, 2.24) is 24.5 Å². The molecule has 2 amide bonds. The fourth-order valence-corrected chi connectivity index (χ4v) is 5.56. The summed E-state index contributed by atoms with van der Waals surface area (Å²) in [6, 6.07) is 6.69. The van der Waals surface area contributed by atoms with Crippen molar-refractivity contribution >= 4 is 21.8 Å². The second-order valence-corrected chi connectivity index (χ2v) is 10.4. The Bertz CT molecular complexity index is 1300. The Hall–Kier alpha value is -3.57. The van der Waals surface area contributed by atoms with Crippen LogP contribution < -0.4 is 5.32 Å². The van der Waals surface area contributed by atoms with Crippen LogP contribution in [0.25, 0.3) is 0 Å². The predicted molar refractivity (Wildman–Crippen MR) is 117 cm³/mol. The van der Waals surface area contributed by atoms with Gasteiger partial charge in [0.15, 0.2) is 0 Å². The van der Waals surface area contributed by atoms with Crippen LogP contribution in [0.3, 0.4) is 0 Å². The summed E-state index contributed by atoms with van der Waals surface area (Å²) in [6.45, 7) is 0.242. The molecule has 0 aliphatic carbocycles. The van der Waals surface area contributed by atoms with Crippen molar-refractivity contribution in [2.45, 2.75) is 36.5 Å². The van der Waals surface area contributed by atoms with Gasteiger partial charge in [-0.25, -0.2) is 18.4 Å². The number of sulfonamides is 1. The summed E-state index contributed by atoms with van der Waals surface area (Å²) in [5.74, 6) is -1.42. The largest absolute Gasteiger partial charge is 0.419 e. The van der Waals surface area contributed by atoms with E-state index in [1.54, 1.807) is 0 Å². The van der Waals surface area contributed by atoms with Crippen LogP contribution in [0.1, 0.15) is 34.6 Å². The number of alkyl halides is 3. The molecule has 1 N–H and O–H groups in total. The first-order valence-electron chi connectivity index (χ1n) is 11.0. The molecule has 2 fully saturated rings. The van der Waals surface area contributed by atoms with E-state index in [4.69, 9.17) is 5.26 Å². The van der Waals surface area contributed by atoms with Crippen LogP contribution in [-0.2, 0) is 27.5 Å². The van der Waals surface area contributed by atoms with Gasteiger partial charge in [0.25, 0.3) is 5.91 Å². The molecule has 10 nitrogen and oxygen atoms in total. The number of likely N-dealkylation sites (tertiary alicyclic amines) is 1. The van der Waals surface area contributed by atoms with Crippen LogP contribution in [0.2, 0.25) is 0 Å². The molecule has 190 valence electrons. The van der Waals surface area contributed by atoms with E-state index < -0.39 is 39.6 Å². The molecule has 0 saturated carbocycles. The van der Waals surface area contributed by atoms with Crippen molar-refractivity contribution in [3.05, 3.63) is 53.6 Å². The summed E-state index contributed by atoms with van der Waals surface area (Å²) in [6.07, 6.45) is -2.41. The highest BCUT2D eigenvalue weighted by molar-refractivity contribution is 7.89. The first-order chi connectivity index (χ1) is 17.0. The summed E-state index contributed by atoms with van der Waals surface area (Å²) < 4.78 is 64.7. The van der Waals surface area contributed by atoms with E-state index in [2.05, 4.69) is 15.3 Å². The van der Waals surface area contributed by atoms with Crippen molar-refractivity contribution < 1.29 is 31.2 Å². The van der Waals surface area contributed by atoms with Crippen LogP contribution in [-0.4, -0.2) is 65.1 Å². The van der Waals surface area contributed by atoms with Crippen molar-refractivity contribution in [3.63, 3.8) is 0 Å². The Morgan fingerprint density at radius 1 is 1.19 bits per heavy atom. The molecule has 1 aromatic carbocycles. The monoisotopic (exact) mass is 522 g/mol. The molecule has 1 aromatic heterocycles. The average Bonchev–Trinajstić information content (AvgIpc) is 3.31. The van der Waals surface area contributed by atoms with Gasteiger partial charge in [-0.05, 0) is 31.0 Å². The number of carbonyl (C=O) groups is 2. The van der Waals surface area contributed by atoms with E-state index in [1.807, 2.05) is 6.07 Å².